The molecule has 2 aromatic carbocycles. The van der Waals surface area contributed by atoms with Gasteiger partial charge in [-0.3, -0.25) is 0 Å². The lowest BCUT2D eigenvalue weighted by Gasteiger charge is -2.32. The number of hydrogen-bond acceptors (Lipinski definition) is 3. The molecular weight excluding hydrogens is 346 g/mol. The third-order valence-electron chi connectivity index (χ3n) is 4.22. The smallest absolute Gasteiger partial charge is 0.243 e. The van der Waals surface area contributed by atoms with Crippen LogP contribution in [-0.4, -0.2) is 32.4 Å². The van der Waals surface area contributed by atoms with Crippen LogP contribution in [0.1, 0.15) is 24.2 Å². The molecule has 0 N–H and O–H groups in total. The van der Waals surface area contributed by atoms with E-state index in [-0.39, 0.29) is 11.0 Å². The molecule has 4 nitrogen and oxygen atoms in total. The Hall–Kier alpha value is -1.40. The molecule has 0 aromatic heterocycles. The Morgan fingerprint density at radius 2 is 1.96 bits per heavy atom. The van der Waals surface area contributed by atoms with Gasteiger partial charge in [-0.1, -0.05) is 48.9 Å². The summed E-state index contributed by atoms with van der Waals surface area (Å²) in [5.74, 6) is 0. The van der Waals surface area contributed by atoms with Gasteiger partial charge in [0.25, 0.3) is 0 Å². The number of aryl methyl sites for hydroxylation is 1. The molecular formula is C18H20ClNO3S. The molecule has 0 spiro atoms. The Bertz CT molecular complexity index is 805. The van der Waals surface area contributed by atoms with Crippen molar-refractivity contribution >= 4 is 21.6 Å². The Morgan fingerprint density at radius 3 is 2.62 bits per heavy atom. The maximum atomic E-state index is 12.8. The van der Waals surface area contributed by atoms with Crippen molar-refractivity contribution in [3.8, 4) is 0 Å². The number of halogens is 1. The lowest BCUT2D eigenvalue weighted by Crippen LogP contribution is -2.42. The lowest BCUT2D eigenvalue weighted by atomic mass is 10.1. The second-order valence-corrected chi connectivity index (χ2v) is 8.15. The standard InChI is InChI=1S/C18H20ClNO3S/c1-2-14-6-8-15(9-7-14)18-13-20(10-11-23-18)24(21,22)17-5-3-4-16(19)12-17/h3-9,12,18H,2,10-11,13H2,1H3. The van der Waals surface area contributed by atoms with Crippen LogP contribution in [0.25, 0.3) is 0 Å². The van der Waals surface area contributed by atoms with Crippen molar-refractivity contribution in [3.63, 3.8) is 0 Å². The van der Waals surface area contributed by atoms with Crippen molar-refractivity contribution in [2.24, 2.45) is 0 Å². The minimum Gasteiger partial charge on any atom is -0.371 e. The lowest BCUT2D eigenvalue weighted by molar-refractivity contribution is -0.00256. The van der Waals surface area contributed by atoms with Crippen LogP contribution in [0.2, 0.25) is 5.02 Å². The van der Waals surface area contributed by atoms with E-state index >= 15 is 0 Å². The molecule has 1 unspecified atom stereocenters. The fourth-order valence-electron chi connectivity index (χ4n) is 2.79. The van der Waals surface area contributed by atoms with Gasteiger partial charge in [-0.05, 0) is 35.7 Å². The van der Waals surface area contributed by atoms with Crippen LogP contribution in [0.15, 0.2) is 53.4 Å². The molecule has 1 heterocycles. The van der Waals surface area contributed by atoms with Crippen molar-refractivity contribution in [1.29, 1.82) is 0 Å². The second-order valence-electron chi connectivity index (χ2n) is 5.77. The van der Waals surface area contributed by atoms with Gasteiger partial charge >= 0.3 is 0 Å². The first-order chi connectivity index (χ1) is 11.5. The predicted molar refractivity (Wildman–Crippen MR) is 94.7 cm³/mol. The van der Waals surface area contributed by atoms with Gasteiger partial charge in [-0.2, -0.15) is 4.31 Å². The van der Waals surface area contributed by atoms with E-state index in [2.05, 4.69) is 19.1 Å². The Morgan fingerprint density at radius 1 is 1.21 bits per heavy atom. The molecule has 128 valence electrons. The van der Waals surface area contributed by atoms with Crippen LogP contribution in [0.3, 0.4) is 0 Å². The van der Waals surface area contributed by atoms with Gasteiger partial charge in [-0.15, -0.1) is 0 Å². The van der Waals surface area contributed by atoms with E-state index in [1.165, 1.54) is 15.9 Å². The summed E-state index contributed by atoms with van der Waals surface area (Å²) in [6.45, 7) is 3.13. The number of rotatable bonds is 4. The first-order valence-corrected chi connectivity index (χ1v) is 9.78. The van der Waals surface area contributed by atoms with Gasteiger partial charge in [-0.25, -0.2) is 8.42 Å². The second kappa shape index (κ2) is 7.23. The van der Waals surface area contributed by atoms with Gasteiger partial charge in [0.05, 0.1) is 17.6 Å². The molecule has 1 aliphatic rings. The number of hydrogen-bond donors (Lipinski definition) is 0. The maximum absolute atomic E-state index is 12.8. The molecule has 1 fully saturated rings. The number of sulfonamides is 1. The van der Waals surface area contributed by atoms with Crippen LogP contribution in [0.4, 0.5) is 0 Å². The molecule has 3 rings (SSSR count). The molecule has 6 heteroatoms. The molecule has 2 aromatic rings. The number of benzene rings is 2. The summed E-state index contributed by atoms with van der Waals surface area (Å²) in [5, 5.41) is 0.413. The zero-order valence-corrected chi connectivity index (χ0v) is 15.1. The zero-order chi connectivity index (χ0) is 17.2. The van der Waals surface area contributed by atoms with Crippen molar-refractivity contribution in [2.45, 2.75) is 24.3 Å². The van der Waals surface area contributed by atoms with Crippen LogP contribution >= 0.6 is 11.6 Å². The summed E-state index contributed by atoms with van der Waals surface area (Å²) < 4.78 is 32.9. The van der Waals surface area contributed by atoms with E-state index in [1.54, 1.807) is 18.2 Å². The number of morpholine rings is 1. The summed E-state index contributed by atoms with van der Waals surface area (Å²) in [6.07, 6.45) is 0.722. The molecule has 24 heavy (non-hydrogen) atoms. The van der Waals surface area contributed by atoms with E-state index in [0.717, 1.165) is 12.0 Å². The molecule has 0 saturated carbocycles. The van der Waals surface area contributed by atoms with Crippen LogP contribution in [-0.2, 0) is 21.2 Å². The molecule has 0 amide bonds. The highest BCUT2D eigenvalue weighted by atomic mass is 35.5. The summed E-state index contributed by atoms with van der Waals surface area (Å²) in [5.41, 5.74) is 2.25. The van der Waals surface area contributed by atoms with Crippen molar-refractivity contribution < 1.29 is 13.2 Å². The molecule has 1 aliphatic heterocycles. The fourth-order valence-corrected chi connectivity index (χ4v) is 4.52. The SMILES string of the molecule is CCc1ccc(C2CN(S(=O)(=O)c3cccc(Cl)c3)CCO2)cc1. The summed E-state index contributed by atoms with van der Waals surface area (Å²) >= 11 is 5.94. The van der Waals surface area contributed by atoms with Gasteiger partial charge in [0, 0.05) is 18.1 Å². The fraction of sp³-hybridized carbons (Fsp3) is 0.333. The van der Waals surface area contributed by atoms with Gasteiger partial charge in [0.15, 0.2) is 0 Å². The van der Waals surface area contributed by atoms with E-state index < -0.39 is 10.0 Å². The van der Waals surface area contributed by atoms with Crippen molar-refractivity contribution in [3.05, 3.63) is 64.7 Å². The van der Waals surface area contributed by atoms with E-state index in [0.29, 0.717) is 24.7 Å². The summed E-state index contributed by atoms with van der Waals surface area (Å²) in [4.78, 5) is 0.219. The summed E-state index contributed by atoms with van der Waals surface area (Å²) in [6, 6.07) is 14.5. The molecule has 0 aliphatic carbocycles. The largest absolute Gasteiger partial charge is 0.371 e. The Balaban J connectivity index is 1.82. The highest BCUT2D eigenvalue weighted by Gasteiger charge is 2.31. The number of nitrogens with zero attached hydrogens (tertiary/aromatic N) is 1. The summed E-state index contributed by atoms with van der Waals surface area (Å²) in [7, 11) is -3.57. The normalized spacial score (nSPS) is 19.3. The van der Waals surface area contributed by atoms with Gasteiger partial charge in [0.2, 0.25) is 10.0 Å². The molecule has 1 atom stereocenters. The minimum absolute atomic E-state index is 0.219. The zero-order valence-electron chi connectivity index (χ0n) is 13.5. The molecule has 0 radical (unpaired) electrons. The van der Waals surface area contributed by atoms with Crippen molar-refractivity contribution in [1.82, 2.24) is 4.31 Å². The first kappa shape index (κ1) is 17.4. The number of ether oxygens (including phenoxy) is 1. The van der Waals surface area contributed by atoms with Gasteiger partial charge < -0.3 is 4.74 Å². The van der Waals surface area contributed by atoms with E-state index in [4.69, 9.17) is 16.3 Å². The van der Waals surface area contributed by atoms with Crippen molar-refractivity contribution in [2.75, 3.05) is 19.7 Å². The third-order valence-corrected chi connectivity index (χ3v) is 6.32. The highest BCUT2D eigenvalue weighted by molar-refractivity contribution is 7.89. The predicted octanol–water partition coefficient (Wildman–Crippen LogP) is 3.66. The minimum atomic E-state index is -3.57. The first-order valence-electron chi connectivity index (χ1n) is 7.97. The Labute approximate surface area is 148 Å². The maximum Gasteiger partial charge on any atom is 0.243 e. The van der Waals surface area contributed by atoms with Crippen LogP contribution in [0.5, 0.6) is 0 Å². The topological polar surface area (TPSA) is 46.6 Å². The average molecular weight is 366 g/mol. The van der Waals surface area contributed by atoms with Crippen LogP contribution in [0, 0.1) is 0 Å². The van der Waals surface area contributed by atoms with Crippen LogP contribution < -0.4 is 0 Å². The van der Waals surface area contributed by atoms with E-state index in [9.17, 15) is 8.42 Å². The van der Waals surface area contributed by atoms with Gasteiger partial charge in [0.1, 0.15) is 0 Å². The Kier molecular flexibility index (Phi) is 5.25. The third kappa shape index (κ3) is 3.64. The molecule has 0 bridgehead atoms. The monoisotopic (exact) mass is 365 g/mol. The highest BCUT2D eigenvalue weighted by Crippen LogP contribution is 2.27. The quantitative estimate of drug-likeness (QED) is 0.830. The average Bonchev–Trinajstić information content (AvgIpc) is 2.62. The van der Waals surface area contributed by atoms with E-state index in [1.807, 2.05) is 12.1 Å². The molecule has 1 saturated heterocycles.